The van der Waals surface area contributed by atoms with Crippen molar-refractivity contribution in [2.45, 2.75) is 46.3 Å². The highest BCUT2D eigenvalue weighted by molar-refractivity contribution is 6.61. The van der Waals surface area contributed by atoms with Crippen LogP contribution >= 0.6 is 0 Å². The number of benzene rings is 1. The molecular weight excluding hydrogens is 303 g/mol. The van der Waals surface area contributed by atoms with Crippen LogP contribution in [0.2, 0.25) is 0 Å². The van der Waals surface area contributed by atoms with Gasteiger partial charge in [-0.15, -0.1) is 0 Å². The number of rotatable bonds is 6. The SMILES string of the molecule is CCC(CC)Nc1nc(Nc2ccc3c(c2)B(O)OC3)ncc1C. The van der Waals surface area contributed by atoms with Gasteiger partial charge in [-0.1, -0.05) is 19.9 Å². The molecule has 1 aromatic heterocycles. The first kappa shape index (κ1) is 16.7. The first-order valence-electron chi connectivity index (χ1n) is 8.40. The standard InChI is InChI=1S/C17H23BN4O2/c1-4-13(5-2)20-16-11(3)9-19-17(22-16)21-14-7-6-12-10-24-18(23)15(12)8-14/h6-9,13,23H,4-5,10H2,1-3H3,(H2,19,20,21,22). The van der Waals surface area contributed by atoms with Gasteiger partial charge in [0.1, 0.15) is 5.82 Å². The van der Waals surface area contributed by atoms with Crippen LogP contribution in [-0.4, -0.2) is 28.2 Å². The molecule has 7 heteroatoms. The first-order valence-corrected chi connectivity index (χ1v) is 8.40. The minimum atomic E-state index is -0.854. The summed E-state index contributed by atoms with van der Waals surface area (Å²) in [5, 5.41) is 16.5. The Kier molecular flexibility index (Phi) is 5.01. The number of fused-ring (bicyclic) bond motifs is 1. The Labute approximate surface area is 142 Å². The molecule has 1 aliphatic heterocycles. The summed E-state index contributed by atoms with van der Waals surface area (Å²) in [6.45, 7) is 6.77. The van der Waals surface area contributed by atoms with Gasteiger partial charge in [-0.2, -0.15) is 4.98 Å². The molecule has 24 heavy (non-hydrogen) atoms. The molecule has 0 saturated heterocycles. The average molecular weight is 326 g/mol. The van der Waals surface area contributed by atoms with Crippen molar-refractivity contribution in [2.24, 2.45) is 0 Å². The minimum absolute atomic E-state index is 0.402. The maximum absolute atomic E-state index is 9.81. The van der Waals surface area contributed by atoms with Crippen LogP contribution in [0.25, 0.3) is 0 Å². The molecule has 1 aromatic carbocycles. The summed E-state index contributed by atoms with van der Waals surface area (Å²) in [4.78, 5) is 8.94. The molecule has 0 aliphatic carbocycles. The first-order chi connectivity index (χ1) is 11.6. The molecular formula is C17H23BN4O2. The molecule has 0 amide bonds. The molecule has 3 rings (SSSR count). The molecule has 0 saturated carbocycles. The summed E-state index contributed by atoms with van der Waals surface area (Å²) in [6.07, 6.45) is 3.90. The van der Waals surface area contributed by atoms with E-state index < -0.39 is 7.12 Å². The fourth-order valence-electron chi connectivity index (χ4n) is 2.76. The smallest absolute Gasteiger partial charge is 0.423 e. The molecule has 2 heterocycles. The summed E-state index contributed by atoms with van der Waals surface area (Å²) < 4.78 is 5.22. The zero-order valence-corrected chi connectivity index (χ0v) is 14.3. The Morgan fingerprint density at radius 1 is 1.33 bits per heavy atom. The molecule has 0 radical (unpaired) electrons. The second kappa shape index (κ2) is 7.19. The van der Waals surface area contributed by atoms with E-state index in [0.717, 1.165) is 40.9 Å². The van der Waals surface area contributed by atoms with Crippen LogP contribution in [0.4, 0.5) is 17.5 Å². The molecule has 1 aliphatic rings. The van der Waals surface area contributed by atoms with Crippen LogP contribution in [0, 0.1) is 6.92 Å². The third kappa shape index (κ3) is 3.52. The fraction of sp³-hybridized carbons (Fsp3) is 0.412. The van der Waals surface area contributed by atoms with Crippen molar-refractivity contribution in [3.05, 3.63) is 35.5 Å². The van der Waals surface area contributed by atoms with Gasteiger partial charge in [0.2, 0.25) is 5.95 Å². The van der Waals surface area contributed by atoms with Crippen molar-refractivity contribution in [1.29, 1.82) is 0 Å². The Balaban J connectivity index is 1.79. The lowest BCUT2D eigenvalue weighted by Gasteiger charge is -2.17. The lowest BCUT2D eigenvalue weighted by Crippen LogP contribution is -2.28. The van der Waals surface area contributed by atoms with Crippen molar-refractivity contribution < 1.29 is 9.68 Å². The third-order valence-corrected chi connectivity index (χ3v) is 4.36. The highest BCUT2D eigenvalue weighted by Gasteiger charge is 2.27. The van der Waals surface area contributed by atoms with Crippen molar-refractivity contribution in [3.8, 4) is 0 Å². The topological polar surface area (TPSA) is 79.3 Å². The quantitative estimate of drug-likeness (QED) is 0.707. The number of anilines is 3. The summed E-state index contributed by atoms with van der Waals surface area (Å²) >= 11 is 0. The van der Waals surface area contributed by atoms with Crippen LogP contribution in [-0.2, 0) is 11.3 Å². The van der Waals surface area contributed by atoms with Gasteiger partial charge in [-0.05, 0) is 42.9 Å². The van der Waals surface area contributed by atoms with E-state index in [0.29, 0.717) is 18.6 Å². The van der Waals surface area contributed by atoms with E-state index in [1.165, 1.54) is 0 Å². The second-order valence-electron chi connectivity index (χ2n) is 6.08. The van der Waals surface area contributed by atoms with E-state index in [1.54, 1.807) is 0 Å². The van der Waals surface area contributed by atoms with Gasteiger partial charge in [0.05, 0.1) is 6.61 Å². The van der Waals surface area contributed by atoms with Crippen LogP contribution in [0.1, 0.15) is 37.8 Å². The van der Waals surface area contributed by atoms with E-state index in [4.69, 9.17) is 4.65 Å². The van der Waals surface area contributed by atoms with E-state index in [9.17, 15) is 5.02 Å². The summed E-state index contributed by atoms with van der Waals surface area (Å²) in [6, 6.07) is 6.17. The highest BCUT2D eigenvalue weighted by Crippen LogP contribution is 2.20. The Bertz CT molecular complexity index is 722. The van der Waals surface area contributed by atoms with Crippen LogP contribution in [0.15, 0.2) is 24.4 Å². The zero-order valence-electron chi connectivity index (χ0n) is 14.3. The van der Waals surface area contributed by atoms with Crippen LogP contribution in [0.3, 0.4) is 0 Å². The monoisotopic (exact) mass is 326 g/mol. The van der Waals surface area contributed by atoms with Gasteiger partial charge < -0.3 is 20.3 Å². The lowest BCUT2D eigenvalue weighted by molar-refractivity contribution is 0.275. The van der Waals surface area contributed by atoms with Gasteiger partial charge in [-0.25, -0.2) is 4.98 Å². The molecule has 0 bridgehead atoms. The molecule has 0 spiro atoms. The van der Waals surface area contributed by atoms with Crippen molar-refractivity contribution in [1.82, 2.24) is 9.97 Å². The number of aryl methyl sites for hydroxylation is 1. The number of nitrogens with zero attached hydrogens (tertiary/aromatic N) is 2. The fourth-order valence-corrected chi connectivity index (χ4v) is 2.76. The number of nitrogens with one attached hydrogen (secondary N) is 2. The summed E-state index contributed by atoms with van der Waals surface area (Å²) in [5.74, 6) is 1.38. The summed E-state index contributed by atoms with van der Waals surface area (Å²) in [5.41, 5.74) is 3.65. The lowest BCUT2D eigenvalue weighted by atomic mass is 9.79. The molecule has 0 unspecified atom stereocenters. The molecule has 6 nitrogen and oxygen atoms in total. The van der Waals surface area contributed by atoms with E-state index >= 15 is 0 Å². The average Bonchev–Trinajstić information content (AvgIpc) is 2.96. The molecule has 126 valence electrons. The van der Waals surface area contributed by atoms with Crippen molar-refractivity contribution in [3.63, 3.8) is 0 Å². The molecule has 2 aromatic rings. The van der Waals surface area contributed by atoms with Crippen LogP contribution < -0.4 is 16.1 Å². The Morgan fingerprint density at radius 3 is 2.88 bits per heavy atom. The van der Waals surface area contributed by atoms with Gasteiger partial charge in [0.25, 0.3) is 0 Å². The van der Waals surface area contributed by atoms with Gasteiger partial charge in [0, 0.05) is 23.5 Å². The summed E-state index contributed by atoms with van der Waals surface area (Å²) in [7, 11) is -0.854. The molecule has 0 atom stereocenters. The predicted octanol–water partition coefficient (Wildman–Crippen LogP) is 2.35. The van der Waals surface area contributed by atoms with Gasteiger partial charge in [0.15, 0.2) is 0 Å². The predicted molar refractivity (Wildman–Crippen MR) is 96.9 cm³/mol. The Morgan fingerprint density at radius 2 is 2.12 bits per heavy atom. The maximum atomic E-state index is 9.81. The highest BCUT2D eigenvalue weighted by atomic mass is 16.5. The zero-order chi connectivity index (χ0) is 17.1. The minimum Gasteiger partial charge on any atom is -0.423 e. The van der Waals surface area contributed by atoms with Gasteiger partial charge in [-0.3, -0.25) is 0 Å². The number of hydrogen-bond donors (Lipinski definition) is 3. The van der Waals surface area contributed by atoms with E-state index in [2.05, 4.69) is 34.4 Å². The Hall–Kier alpha value is -2.12. The van der Waals surface area contributed by atoms with Gasteiger partial charge >= 0.3 is 7.12 Å². The normalized spacial score (nSPS) is 13.3. The van der Waals surface area contributed by atoms with Crippen molar-refractivity contribution in [2.75, 3.05) is 10.6 Å². The second-order valence-corrected chi connectivity index (χ2v) is 6.08. The van der Waals surface area contributed by atoms with E-state index in [1.807, 2.05) is 31.3 Å². The molecule has 0 fully saturated rings. The largest absolute Gasteiger partial charge is 0.491 e. The third-order valence-electron chi connectivity index (χ3n) is 4.36. The van der Waals surface area contributed by atoms with Crippen LogP contribution in [0.5, 0.6) is 0 Å². The number of hydrogen-bond acceptors (Lipinski definition) is 6. The van der Waals surface area contributed by atoms with E-state index in [-0.39, 0.29) is 0 Å². The van der Waals surface area contributed by atoms with Crippen molar-refractivity contribution >= 4 is 30.0 Å². The number of aromatic nitrogens is 2. The molecule has 3 N–H and O–H groups in total. The maximum Gasteiger partial charge on any atom is 0.491 e.